The number of carbonyl (C=O) groups excluding carboxylic acids is 1. The van der Waals surface area contributed by atoms with Crippen molar-refractivity contribution in [2.75, 3.05) is 12.4 Å². The van der Waals surface area contributed by atoms with Gasteiger partial charge >= 0.3 is 0 Å². The van der Waals surface area contributed by atoms with E-state index in [-0.39, 0.29) is 11.6 Å². The predicted molar refractivity (Wildman–Crippen MR) is 67.2 cm³/mol. The molecule has 0 spiro atoms. The molecule has 0 bridgehead atoms. The van der Waals surface area contributed by atoms with E-state index in [1.807, 2.05) is 0 Å². The summed E-state index contributed by atoms with van der Waals surface area (Å²) < 4.78 is 18.6. The molecule has 0 radical (unpaired) electrons. The molecule has 98 valence electrons. The summed E-state index contributed by atoms with van der Waals surface area (Å²) in [6, 6.07) is 4.21. The van der Waals surface area contributed by atoms with Gasteiger partial charge in [-0.05, 0) is 31.9 Å². The highest BCUT2D eigenvalue weighted by Crippen LogP contribution is 2.22. The minimum absolute atomic E-state index is 0.111. The fourth-order valence-electron chi connectivity index (χ4n) is 1.59. The molecule has 1 atom stereocenters. The summed E-state index contributed by atoms with van der Waals surface area (Å²) in [7, 11) is 1.51. The third-order valence-corrected chi connectivity index (χ3v) is 2.86. The minimum Gasteiger partial charge on any atom is -0.497 e. The Morgan fingerprint density at radius 3 is 2.83 bits per heavy atom. The molecule has 1 aromatic carbocycles. The highest BCUT2D eigenvalue weighted by Gasteiger charge is 2.25. The van der Waals surface area contributed by atoms with Crippen molar-refractivity contribution < 1.29 is 13.9 Å². The van der Waals surface area contributed by atoms with Crippen LogP contribution in [0, 0.1) is 5.82 Å². The maximum Gasteiger partial charge on any atom is 0.242 e. The third kappa shape index (κ3) is 3.12. The van der Waals surface area contributed by atoms with E-state index in [1.165, 1.54) is 25.3 Å². The average Bonchev–Trinajstić information content (AvgIpc) is 3.15. The van der Waals surface area contributed by atoms with Crippen LogP contribution in [0.15, 0.2) is 18.2 Å². The second-order valence-electron chi connectivity index (χ2n) is 4.49. The zero-order valence-electron chi connectivity index (χ0n) is 10.5. The van der Waals surface area contributed by atoms with E-state index in [0.717, 1.165) is 12.8 Å². The van der Waals surface area contributed by atoms with E-state index >= 15 is 0 Å². The fourth-order valence-corrected chi connectivity index (χ4v) is 1.59. The van der Waals surface area contributed by atoms with Gasteiger partial charge in [-0.3, -0.25) is 4.79 Å². The minimum atomic E-state index is -0.479. The van der Waals surface area contributed by atoms with E-state index in [0.29, 0.717) is 11.8 Å². The molecule has 2 rings (SSSR count). The number of benzene rings is 1. The van der Waals surface area contributed by atoms with Crippen LogP contribution in [0.1, 0.15) is 19.8 Å². The summed E-state index contributed by atoms with van der Waals surface area (Å²) in [5.41, 5.74) is 0.271. The largest absolute Gasteiger partial charge is 0.497 e. The van der Waals surface area contributed by atoms with Crippen molar-refractivity contribution in [3.8, 4) is 5.75 Å². The molecule has 0 saturated heterocycles. The number of halogens is 1. The zero-order chi connectivity index (χ0) is 13.1. The lowest BCUT2D eigenvalue weighted by Crippen LogP contribution is -2.38. The van der Waals surface area contributed by atoms with Crippen LogP contribution in [0.4, 0.5) is 10.1 Å². The molecular weight excluding hydrogens is 235 g/mol. The van der Waals surface area contributed by atoms with Gasteiger partial charge in [0.05, 0.1) is 12.8 Å². The number of methoxy groups -OCH3 is 1. The molecule has 1 aliphatic carbocycles. The molecule has 0 aliphatic heterocycles. The summed E-state index contributed by atoms with van der Waals surface area (Å²) in [5, 5.41) is 5.72. The van der Waals surface area contributed by atoms with E-state index in [9.17, 15) is 9.18 Å². The Bertz CT molecular complexity index is 447. The molecule has 1 fully saturated rings. The number of hydrogen-bond donors (Lipinski definition) is 2. The van der Waals surface area contributed by atoms with Crippen LogP contribution in [0.3, 0.4) is 0 Å². The lowest BCUT2D eigenvalue weighted by molar-refractivity contribution is -0.121. The van der Waals surface area contributed by atoms with Crippen LogP contribution < -0.4 is 15.4 Å². The number of nitrogens with one attached hydrogen (secondary N) is 2. The monoisotopic (exact) mass is 252 g/mol. The number of rotatable bonds is 5. The molecule has 1 saturated carbocycles. The third-order valence-electron chi connectivity index (χ3n) is 2.86. The molecule has 1 amide bonds. The summed E-state index contributed by atoms with van der Waals surface area (Å²) in [5.74, 6) is 0.0373. The van der Waals surface area contributed by atoms with Gasteiger partial charge in [0.15, 0.2) is 0 Å². The predicted octanol–water partition coefficient (Wildman–Crippen LogP) is 1.91. The first-order chi connectivity index (χ1) is 8.60. The Hall–Kier alpha value is -1.78. The summed E-state index contributed by atoms with van der Waals surface area (Å²) in [6.45, 7) is 1.70. The fraction of sp³-hybridized carbons (Fsp3) is 0.462. The maximum absolute atomic E-state index is 13.6. The Morgan fingerprint density at radius 2 is 2.22 bits per heavy atom. The van der Waals surface area contributed by atoms with Gasteiger partial charge in [-0.25, -0.2) is 4.39 Å². The Labute approximate surface area is 106 Å². The van der Waals surface area contributed by atoms with Gasteiger partial charge in [-0.15, -0.1) is 0 Å². The highest BCUT2D eigenvalue weighted by molar-refractivity contribution is 5.84. The van der Waals surface area contributed by atoms with Crippen LogP contribution in [-0.4, -0.2) is 25.1 Å². The van der Waals surface area contributed by atoms with Gasteiger partial charge in [-0.2, -0.15) is 0 Å². The molecule has 4 nitrogen and oxygen atoms in total. The van der Waals surface area contributed by atoms with E-state index in [2.05, 4.69) is 10.6 Å². The first kappa shape index (κ1) is 12.7. The van der Waals surface area contributed by atoms with Crippen molar-refractivity contribution in [1.82, 2.24) is 5.32 Å². The van der Waals surface area contributed by atoms with Gasteiger partial charge in [0.2, 0.25) is 5.91 Å². The topological polar surface area (TPSA) is 50.4 Å². The van der Waals surface area contributed by atoms with E-state index in [1.54, 1.807) is 6.92 Å². The van der Waals surface area contributed by atoms with Gasteiger partial charge < -0.3 is 15.4 Å². The second kappa shape index (κ2) is 5.25. The molecule has 1 aromatic rings. The Morgan fingerprint density at radius 1 is 1.50 bits per heavy atom. The average molecular weight is 252 g/mol. The smallest absolute Gasteiger partial charge is 0.242 e. The normalized spacial score (nSPS) is 15.9. The molecular formula is C13H17FN2O2. The second-order valence-corrected chi connectivity index (χ2v) is 4.49. The van der Waals surface area contributed by atoms with Crippen LogP contribution in [0.2, 0.25) is 0 Å². The number of hydrogen-bond acceptors (Lipinski definition) is 3. The standard InChI is InChI=1S/C13H17FN2O2/c1-8(13(17)16-9-3-4-9)15-12-7-10(18-2)5-6-11(12)14/h5-9,15H,3-4H2,1-2H3,(H,16,17). The van der Waals surface area contributed by atoms with E-state index < -0.39 is 11.9 Å². The SMILES string of the molecule is COc1ccc(F)c(NC(C)C(=O)NC2CC2)c1. The number of ether oxygens (including phenoxy) is 1. The highest BCUT2D eigenvalue weighted by atomic mass is 19.1. The molecule has 1 unspecified atom stereocenters. The quantitative estimate of drug-likeness (QED) is 0.841. The van der Waals surface area contributed by atoms with Crippen molar-refractivity contribution in [3.63, 3.8) is 0 Å². The summed E-state index contributed by atoms with van der Waals surface area (Å²) in [4.78, 5) is 11.7. The first-order valence-electron chi connectivity index (χ1n) is 6.00. The molecule has 1 aliphatic rings. The van der Waals surface area contributed by atoms with E-state index in [4.69, 9.17) is 4.74 Å². The van der Waals surface area contributed by atoms with Crippen molar-refractivity contribution in [2.24, 2.45) is 0 Å². The van der Waals surface area contributed by atoms with Crippen molar-refractivity contribution in [1.29, 1.82) is 0 Å². The van der Waals surface area contributed by atoms with Gasteiger partial charge in [0.1, 0.15) is 17.6 Å². The molecule has 18 heavy (non-hydrogen) atoms. The van der Waals surface area contributed by atoms with Crippen LogP contribution in [0.25, 0.3) is 0 Å². The lowest BCUT2D eigenvalue weighted by Gasteiger charge is -2.16. The maximum atomic E-state index is 13.6. The number of carbonyl (C=O) groups is 1. The van der Waals surface area contributed by atoms with Crippen LogP contribution in [-0.2, 0) is 4.79 Å². The van der Waals surface area contributed by atoms with Gasteiger partial charge in [0.25, 0.3) is 0 Å². The zero-order valence-corrected chi connectivity index (χ0v) is 10.5. The molecule has 0 heterocycles. The summed E-state index contributed by atoms with van der Waals surface area (Å²) in [6.07, 6.45) is 2.07. The first-order valence-corrected chi connectivity index (χ1v) is 6.00. The summed E-state index contributed by atoms with van der Waals surface area (Å²) >= 11 is 0. The van der Waals surface area contributed by atoms with Crippen molar-refractivity contribution in [2.45, 2.75) is 31.8 Å². The van der Waals surface area contributed by atoms with Crippen molar-refractivity contribution >= 4 is 11.6 Å². The molecule has 0 aromatic heterocycles. The lowest BCUT2D eigenvalue weighted by atomic mass is 10.2. The number of anilines is 1. The number of amides is 1. The Balaban J connectivity index is 2.00. The van der Waals surface area contributed by atoms with Crippen LogP contribution in [0.5, 0.6) is 5.75 Å². The molecule has 2 N–H and O–H groups in total. The van der Waals surface area contributed by atoms with Gasteiger partial charge in [-0.1, -0.05) is 0 Å². The van der Waals surface area contributed by atoms with Crippen LogP contribution >= 0.6 is 0 Å². The van der Waals surface area contributed by atoms with Crippen molar-refractivity contribution in [3.05, 3.63) is 24.0 Å². The Kier molecular flexibility index (Phi) is 3.69. The van der Waals surface area contributed by atoms with Gasteiger partial charge in [0, 0.05) is 12.1 Å². The molecule has 5 heteroatoms.